The van der Waals surface area contributed by atoms with Gasteiger partial charge in [-0.05, 0) is 49.7 Å². The molecule has 0 saturated heterocycles. The minimum absolute atomic E-state index is 0.0921. The molecule has 8 nitrogen and oxygen atoms in total. The molecule has 25 heavy (non-hydrogen) atoms. The third kappa shape index (κ3) is 4.06. The number of sulfonamides is 1. The fourth-order valence-electron chi connectivity index (χ4n) is 1.99. The fourth-order valence-corrected chi connectivity index (χ4v) is 3.19. The molecule has 10 heteroatoms. The third-order valence-electron chi connectivity index (χ3n) is 3.23. The standard InChI is InChI=1S/C15H14ClN5O3S/c1-9-7-11(3-4-12(9)16)25(22,23)21-14-6-5-13(18-19-14)17-15-8-10(2)24-20-15/h3-8H,1-2H3,(H,19,21)(H,17,18,20). The Morgan fingerprint density at radius 3 is 2.32 bits per heavy atom. The van der Waals surface area contributed by atoms with Gasteiger partial charge in [0.15, 0.2) is 17.5 Å². The van der Waals surface area contributed by atoms with Gasteiger partial charge in [-0.2, -0.15) is 0 Å². The number of hydrogen-bond donors (Lipinski definition) is 2. The van der Waals surface area contributed by atoms with Gasteiger partial charge in [0.1, 0.15) is 5.76 Å². The van der Waals surface area contributed by atoms with Gasteiger partial charge in [0.25, 0.3) is 10.0 Å². The highest BCUT2D eigenvalue weighted by Gasteiger charge is 2.16. The van der Waals surface area contributed by atoms with E-state index in [0.717, 1.165) is 0 Å². The first kappa shape index (κ1) is 17.2. The van der Waals surface area contributed by atoms with Crippen molar-refractivity contribution in [2.24, 2.45) is 0 Å². The fraction of sp³-hybridized carbons (Fsp3) is 0.133. The van der Waals surface area contributed by atoms with Crippen molar-refractivity contribution < 1.29 is 12.9 Å². The van der Waals surface area contributed by atoms with Crippen LogP contribution in [0.15, 0.2) is 45.8 Å². The van der Waals surface area contributed by atoms with Crippen LogP contribution in [0.4, 0.5) is 17.5 Å². The Morgan fingerprint density at radius 2 is 1.72 bits per heavy atom. The van der Waals surface area contributed by atoms with Gasteiger partial charge in [0.05, 0.1) is 4.90 Å². The summed E-state index contributed by atoms with van der Waals surface area (Å²) >= 11 is 5.92. The van der Waals surface area contributed by atoms with E-state index in [1.165, 1.54) is 24.3 Å². The minimum Gasteiger partial charge on any atom is -0.360 e. The number of nitrogens with one attached hydrogen (secondary N) is 2. The predicted molar refractivity (Wildman–Crippen MR) is 93.6 cm³/mol. The van der Waals surface area contributed by atoms with Crippen molar-refractivity contribution in [2.45, 2.75) is 18.7 Å². The van der Waals surface area contributed by atoms with E-state index in [1.54, 1.807) is 26.0 Å². The van der Waals surface area contributed by atoms with Crippen LogP contribution >= 0.6 is 11.6 Å². The Labute approximate surface area is 149 Å². The van der Waals surface area contributed by atoms with E-state index in [2.05, 4.69) is 25.4 Å². The molecule has 2 heterocycles. The number of rotatable bonds is 5. The second-order valence-electron chi connectivity index (χ2n) is 5.27. The summed E-state index contributed by atoms with van der Waals surface area (Å²) < 4.78 is 32.1. The summed E-state index contributed by atoms with van der Waals surface area (Å²) in [5, 5.41) is 14.9. The summed E-state index contributed by atoms with van der Waals surface area (Å²) in [6, 6.07) is 9.20. The van der Waals surface area contributed by atoms with Crippen molar-refractivity contribution in [2.75, 3.05) is 10.0 Å². The van der Waals surface area contributed by atoms with E-state index in [9.17, 15) is 8.42 Å². The number of benzene rings is 1. The normalized spacial score (nSPS) is 11.3. The van der Waals surface area contributed by atoms with Crippen LogP contribution in [-0.2, 0) is 10.0 Å². The summed E-state index contributed by atoms with van der Waals surface area (Å²) in [6.45, 7) is 3.49. The maximum absolute atomic E-state index is 12.4. The van der Waals surface area contributed by atoms with E-state index in [1.807, 2.05) is 0 Å². The van der Waals surface area contributed by atoms with Gasteiger partial charge in [0.2, 0.25) is 0 Å². The molecule has 0 fully saturated rings. The quantitative estimate of drug-likeness (QED) is 0.699. The monoisotopic (exact) mass is 379 g/mol. The van der Waals surface area contributed by atoms with Gasteiger partial charge in [-0.15, -0.1) is 10.2 Å². The lowest BCUT2D eigenvalue weighted by Gasteiger charge is -2.08. The van der Waals surface area contributed by atoms with Crippen molar-refractivity contribution in [3.63, 3.8) is 0 Å². The number of anilines is 3. The van der Waals surface area contributed by atoms with Gasteiger partial charge in [-0.25, -0.2) is 8.42 Å². The molecule has 0 bridgehead atoms. The molecule has 0 radical (unpaired) electrons. The number of nitrogens with zero attached hydrogens (tertiary/aromatic N) is 3. The Kier molecular flexibility index (Phi) is 4.60. The SMILES string of the molecule is Cc1cc(Nc2ccc(NS(=O)(=O)c3ccc(Cl)c(C)c3)nn2)no1. The average molecular weight is 380 g/mol. The highest BCUT2D eigenvalue weighted by atomic mass is 35.5. The van der Waals surface area contributed by atoms with Crippen LogP contribution in [0.3, 0.4) is 0 Å². The van der Waals surface area contributed by atoms with E-state index >= 15 is 0 Å². The lowest BCUT2D eigenvalue weighted by molar-refractivity contribution is 0.400. The Balaban J connectivity index is 1.74. The van der Waals surface area contributed by atoms with E-state index < -0.39 is 10.0 Å². The maximum Gasteiger partial charge on any atom is 0.263 e. The molecule has 130 valence electrons. The van der Waals surface area contributed by atoms with Crippen LogP contribution in [0.25, 0.3) is 0 Å². The summed E-state index contributed by atoms with van der Waals surface area (Å²) in [7, 11) is -3.78. The zero-order chi connectivity index (χ0) is 18.0. The van der Waals surface area contributed by atoms with Crippen molar-refractivity contribution >= 4 is 39.1 Å². The topological polar surface area (TPSA) is 110 Å². The molecule has 0 unspecified atom stereocenters. The Bertz CT molecular complexity index is 1000. The molecule has 0 spiro atoms. The smallest absolute Gasteiger partial charge is 0.263 e. The third-order valence-corrected chi connectivity index (χ3v) is 5.00. The molecular formula is C15H14ClN5O3S. The molecule has 2 aromatic heterocycles. The van der Waals surface area contributed by atoms with Gasteiger partial charge >= 0.3 is 0 Å². The molecule has 3 rings (SSSR count). The van der Waals surface area contributed by atoms with Crippen LogP contribution in [0, 0.1) is 13.8 Å². The van der Waals surface area contributed by atoms with Crippen LogP contribution < -0.4 is 10.0 Å². The van der Waals surface area contributed by atoms with Crippen LogP contribution in [0.2, 0.25) is 5.02 Å². The Hall–Kier alpha value is -2.65. The van der Waals surface area contributed by atoms with Crippen LogP contribution in [0.1, 0.15) is 11.3 Å². The van der Waals surface area contributed by atoms with E-state index in [-0.39, 0.29) is 10.7 Å². The van der Waals surface area contributed by atoms with Gasteiger partial charge in [-0.1, -0.05) is 16.8 Å². The molecule has 0 aliphatic rings. The molecule has 0 saturated carbocycles. The number of aryl methyl sites for hydroxylation is 2. The number of halogens is 1. The lowest BCUT2D eigenvalue weighted by atomic mass is 10.2. The van der Waals surface area contributed by atoms with Gasteiger partial charge < -0.3 is 9.84 Å². The number of hydrogen-bond acceptors (Lipinski definition) is 7. The lowest BCUT2D eigenvalue weighted by Crippen LogP contribution is -2.14. The molecule has 0 aliphatic carbocycles. The average Bonchev–Trinajstić information content (AvgIpc) is 2.96. The molecule has 1 aromatic carbocycles. The first-order valence-electron chi connectivity index (χ1n) is 7.16. The van der Waals surface area contributed by atoms with E-state index in [0.29, 0.717) is 28.0 Å². The van der Waals surface area contributed by atoms with E-state index in [4.69, 9.17) is 16.1 Å². The summed E-state index contributed by atoms with van der Waals surface area (Å²) in [5.41, 5.74) is 0.665. The van der Waals surface area contributed by atoms with Gasteiger partial charge in [-0.3, -0.25) is 4.72 Å². The molecule has 0 atom stereocenters. The Morgan fingerprint density at radius 1 is 1.00 bits per heavy atom. The zero-order valence-electron chi connectivity index (χ0n) is 13.3. The van der Waals surface area contributed by atoms with Crippen molar-refractivity contribution in [1.29, 1.82) is 0 Å². The van der Waals surface area contributed by atoms with Crippen LogP contribution in [0.5, 0.6) is 0 Å². The van der Waals surface area contributed by atoms with Crippen molar-refractivity contribution in [3.8, 4) is 0 Å². The van der Waals surface area contributed by atoms with Gasteiger partial charge in [0, 0.05) is 11.1 Å². The maximum atomic E-state index is 12.4. The van der Waals surface area contributed by atoms with Crippen LogP contribution in [-0.4, -0.2) is 23.8 Å². The second kappa shape index (κ2) is 6.69. The largest absolute Gasteiger partial charge is 0.360 e. The molecular weight excluding hydrogens is 366 g/mol. The minimum atomic E-state index is -3.78. The molecule has 3 aromatic rings. The second-order valence-corrected chi connectivity index (χ2v) is 7.36. The molecule has 0 amide bonds. The summed E-state index contributed by atoms with van der Waals surface area (Å²) in [5.74, 6) is 1.63. The highest BCUT2D eigenvalue weighted by Crippen LogP contribution is 2.21. The number of aromatic nitrogens is 3. The predicted octanol–water partition coefficient (Wildman–Crippen LogP) is 3.28. The summed E-state index contributed by atoms with van der Waals surface area (Å²) in [4.78, 5) is 0.0940. The highest BCUT2D eigenvalue weighted by molar-refractivity contribution is 7.92. The zero-order valence-corrected chi connectivity index (χ0v) is 14.9. The van der Waals surface area contributed by atoms with Crippen molar-refractivity contribution in [1.82, 2.24) is 15.4 Å². The molecule has 0 aliphatic heterocycles. The molecule has 2 N–H and O–H groups in total. The first-order valence-corrected chi connectivity index (χ1v) is 9.03. The summed E-state index contributed by atoms with van der Waals surface area (Å²) in [6.07, 6.45) is 0. The van der Waals surface area contributed by atoms with Crippen molar-refractivity contribution in [3.05, 3.63) is 52.7 Å². The first-order chi connectivity index (χ1) is 11.8.